The smallest absolute Gasteiger partial charge is 0.232 e. The summed E-state index contributed by atoms with van der Waals surface area (Å²) in [5, 5.41) is 10.8. The van der Waals surface area contributed by atoms with E-state index in [1.807, 2.05) is 19.1 Å². The molecule has 2 aromatic carbocycles. The number of ether oxygens (including phenoxy) is 1. The monoisotopic (exact) mass is 449 g/mol. The van der Waals surface area contributed by atoms with Gasteiger partial charge in [0.1, 0.15) is 11.5 Å². The standard InChI is InChI=1S/C29H39NO3/c1-18(2)15-30(16-19(3)4)17-23-24(31)13-20(5)26-27(32)25(33-28(23)26)14-21-9-11-22(12-10-21)29(6,7)8/h9-14,18-19,31H,15-17H2,1-8H3/b25-14+. The highest BCUT2D eigenvalue weighted by Crippen LogP contribution is 2.42. The maximum Gasteiger partial charge on any atom is 0.232 e. The minimum atomic E-state index is -0.122. The quantitative estimate of drug-likeness (QED) is 0.476. The number of rotatable bonds is 7. The first-order valence-corrected chi connectivity index (χ1v) is 12.0. The third-order valence-corrected chi connectivity index (χ3v) is 5.92. The number of hydrogen-bond donors (Lipinski definition) is 1. The number of ketones is 1. The van der Waals surface area contributed by atoms with Crippen molar-refractivity contribution in [3.05, 3.63) is 63.9 Å². The lowest BCUT2D eigenvalue weighted by atomic mass is 9.86. The molecule has 1 aliphatic heterocycles. The zero-order valence-corrected chi connectivity index (χ0v) is 21.5. The number of Topliss-reactive ketones (excluding diaryl/α,β-unsaturated/α-hetero) is 1. The molecule has 1 aliphatic rings. The molecule has 1 heterocycles. The molecule has 0 saturated heterocycles. The second-order valence-corrected chi connectivity index (χ2v) is 11.2. The van der Waals surface area contributed by atoms with Gasteiger partial charge in [-0.2, -0.15) is 0 Å². The van der Waals surface area contributed by atoms with Crippen molar-refractivity contribution in [3.8, 4) is 11.5 Å². The molecule has 0 radical (unpaired) electrons. The number of fused-ring (bicyclic) bond motifs is 1. The molecule has 2 aromatic rings. The summed E-state index contributed by atoms with van der Waals surface area (Å²) in [7, 11) is 0. The molecule has 0 aromatic heterocycles. The van der Waals surface area contributed by atoms with Gasteiger partial charge in [0.25, 0.3) is 0 Å². The van der Waals surface area contributed by atoms with Gasteiger partial charge < -0.3 is 9.84 Å². The van der Waals surface area contributed by atoms with Gasteiger partial charge in [0.2, 0.25) is 5.78 Å². The minimum absolute atomic E-state index is 0.0724. The van der Waals surface area contributed by atoms with E-state index in [1.165, 1.54) is 5.56 Å². The van der Waals surface area contributed by atoms with Crippen LogP contribution in [0, 0.1) is 18.8 Å². The van der Waals surface area contributed by atoms with Crippen molar-refractivity contribution >= 4 is 11.9 Å². The zero-order valence-electron chi connectivity index (χ0n) is 21.5. The van der Waals surface area contributed by atoms with E-state index in [0.717, 1.165) is 24.2 Å². The molecule has 0 amide bonds. The predicted octanol–water partition coefficient (Wildman–Crippen LogP) is 6.73. The maximum atomic E-state index is 13.3. The number of aromatic hydroxyl groups is 1. The van der Waals surface area contributed by atoms with Crippen LogP contribution in [-0.2, 0) is 12.0 Å². The van der Waals surface area contributed by atoms with Gasteiger partial charge in [-0.25, -0.2) is 0 Å². The summed E-state index contributed by atoms with van der Waals surface area (Å²) in [6, 6.07) is 9.92. The molecule has 0 atom stereocenters. The summed E-state index contributed by atoms with van der Waals surface area (Å²) in [4.78, 5) is 15.6. The predicted molar refractivity (Wildman–Crippen MR) is 136 cm³/mol. The molecular formula is C29H39NO3. The van der Waals surface area contributed by atoms with E-state index in [0.29, 0.717) is 41.0 Å². The fourth-order valence-corrected chi connectivity index (χ4v) is 4.42. The van der Waals surface area contributed by atoms with Gasteiger partial charge in [-0.3, -0.25) is 9.69 Å². The first-order chi connectivity index (χ1) is 15.4. The fraction of sp³-hybridized carbons (Fsp3) is 0.483. The van der Waals surface area contributed by atoms with Gasteiger partial charge in [0.15, 0.2) is 5.76 Å². The van der Waals surface area contributed by atoms with E-state index in [4.69, 9.17) is 4.74 Å². The molecule has 33 heavy (non-hydrogen) atoms. The highest BCUT2D eigenvalue weighted by Gasteiger charge is 2.33. The van der Waals surface area contributed by atoms with Gasteiger partial charge in [-0.1, -0.05) is 72.7 Å². The Balaban J connectivity index is 1.95. The van der Waals surface area contributed by atoms with Crippen LogP contribution < -0.4 is 4.74 Å². The van der Waals surface area contributed by atoms with Crippen LogP contribution in [0.15, 0.2) is 36.1 Å². The van der Waals surface area contributed by atoms with Crippen molar-refractivity contribution in [2.24, 2.45) is 11.8 Å². The van der Waals surface area contributed by atoms with Crippen molar-refractivity contribution in [3.63, 3.8) is 0 Å². The number of benzene rings is 2. The van der Waals surface area contributed by atoms with Crippen LogP contribution in [0.5, 0.6) is 11.5 Å². The van der Waals surface area contributed by atoms with Crippen molar-refractivity contribution in [2.45, 2.75) is 67.3 Å². The Morgan fingerprint density at radius 2 is 1.61 bits per heavy atom. The molecule has 4 nitrogen and oxygen atoms in total. The van der Waals surface area contributed by atoms with Gasteiger partial charge in [0.05, 0.1) is 11.1 Å². The van der Waals surface area contributed by atoms with Crippen LogP contribution in [0.2, 0.25) is 0 Å². The second-order valence-electron chi connectivity index (χ2n) is 11.2. The topological polar surface area (TPSA) is 49.8 Å². The van der Waals surface area contributed by atoms with E-state index >= 15 is 0 Å². The summed E-state index contributed by atoms with van der Waals surface area (Å²) in [6.07, 6.45) is 1.80. The fourth-order valence-electron chi connectivity index (χ4n) is 4.42. The molecule has 3 rings (SSSR count). The zero-order chi connectivity index (χ0) is 24.5. The number of carbonyl (C=O) groups is 1. The number of aryl methyl sites for hydroxylation is 1. The molecule has 0 aliphatic carbocycles. The molecule has 178 valence electrons. The average molecular weight is 450 g/mol. The third-order valence-electron chi connectivity index (χ3n) is 5.92. The minimum Gasteiger partial charge on any atom is -0.507 e. The van der Waals surface area contributed by atoms with Crippen molar-refractivity contribution in [2.75, 3.05) is 13.1 Å². The van der Waals surface area contributed by atoms with Gasteiger partial charge in [-0.05, 0) is 53.0 Å². The lowest BCUT2D eigenvalue weighted by Gasteiger charge is -2.27. The van der Waals surface area contributed by atoms with Gasteiger partial charge in [0, 0.05) is 19.6 Å². The summed E-state index contributed by atoms with van der Waals surface area (Å²) in [5.74, 6) is 1.88. The van der Waals surface area contributed by atoms with Crippen LogP contribution in [0.25, 0.3) is 6.08 Å². The average Bonchev–Trinajstić information content (AvgIpc) is 3.00. The van der Waals surface area contributed by atoms with Crippen molar-refractivity contribution in [1.82, 2.24) is 4.90 Å². The second kappa shape index (κ2) is 9.72. The normalized spacial score (nSPS) is 15.1. The summed E-state index contributed by atoms with van der Waals surface area (Å²) in [5.41, 5.74) is 4.23. The van der Waals surface area contributed by atoms with Gasteiger partial charge in [-0.15, -0.1) is 0 Å². The van der Waals surface area contributed by atoms with E-state index in [9.17, 15) is 9.90 Å². The number of allylic oxidation sites excluding steroid dienone is 1. The van der Waals surface area contributed by atoms with Crippen LogP contribution >= 0.6 is 0 Å². The first kappa shape index (κ1) is 25.0. The molecule has 0 spiro atoms. The highest BCUT2D eigenvalue weighted by molar-refractivity contribution is 6.15. The number of nitrogens with zero attached hydrogens (tertiary/aromatic N) is 1. The Hall–Kier alpha value is -2.59. The lowest BCUT2D eigenvalue weighted by Crippen LogP contribution is -2.31. The first-order valence-electron chi connectivity index (χ1n) is 12.0. The van der Waals surface area contributed by atoms with E-state index in [2.05, 4.69) is 65.5 Å². The summed E-state index contributed by atoms with van der Waals surface area (Å²) in [6.45, 7) is 19.5. The van der Waals surface area contributed by atoms with Crippen molar-refractivity contribution < 1.29 is 14.6 Å². The summed E-state index contributed by atoms with van der Waals surface area (Å²) >= 11 is 0. The van der Waals surface area contributed by atoms with E-state index in [-0.39, 0.29) is 16.9 Å². The Kier molecular flexibility index (Phi) is 7.38. The molecule has 0 unspecified atom stereocenters. The number of carbonyl (C=O) groups excluding carboxylic acids is 1. The van der Waals surface area contributed by atoms with Crippen LogP contribution in [0.3, 0.4) is 0 Å². The molecule has 0 bridgehead atoms. The molecule has 1 N–H and O–H groups in total. The third kappa shape index (κ3) is 5.86. The van der Waals surface area contributed by atoms with Gasteiger partial charge >= 0.3 is 0 Å². The molecule has 0 saturated carbocycles. The molecule has 4 heteroatoms. The van der Waals surface area contributed by atoms with Crippen LogP contribution in [0.1, 0.15) is 81.1 Å². The van der Waals surface area contributed by atoms with E-state index in [1.54, 1.807) is 12.1 Å². The molecule has 0 fully saturated rings. The van der Waals surface area contributed by atoms with Crippen molar-refractivity contribution in [1.29, 1.82) is 0 Å². The number of phenolic OH excluding ortho intramolecular Hbond substituents is 1. The highest BCUT2D eigenvalue weighted by atomic mass is 16.5. The Labute approximate surface area is 199 Å². The van der Waals surface area contributed by atoms with Crippen LogP contribution in [-0.4, -0.2) is 28.9 Å². The lowest BCUT2D eigenvalue weighted by molar-refractivity contribution is 0.101. The SMILES string of the molecule is Cc1cc(O)c(CN(CC(C)C)CC(C)C)c2c1C(=O)/C(=C\c1ccc(C(C)(C)C)cc1)O2. The number of hydrogen-bond acceptors (Lipinski definition) is 4. The maximum absolute atomic E-state index is 13.3. The molecular weight excluding hydrogens is 410 g/mol. The van der Waals surface area contributed by atoms with E-state index < -0.39 is 0 Å². The Bertz CT molecular complexity index is 1030. The Morgan fingerprint density at radius 1 is 1.03 bits per heavy atom. The Morgan fingerprint density at radius 3 is 2.12 bits per heavy atom. The van der Waals surface area contributed by atoms with Crippen LogP contribution in [0.4, 0.5) is 0 Å². The number of phenols is 1. The largest absolute Gasteiger partial charge is 0.507 e. The summed E-state index contributed by atoms with van der Waals surface area (Å²) < 4.78 is 6.15.